The van der Waals surface area contributed by atoms with Crippen LogP contribution in [0.5, 0.6) is 0 Å². The molecule has 1 rings (SSSR count). The van der Waals surface area contributed by atoms with Crippen LogP contribution >= 0.6 is 0 Å². The van der Waals surface area contributed by atoms with E-state index in [9.17, 15) is 14.9 Å². The molecule has 0 atom stereocenters. The van der Waals surface area contributed by atoms with E-state index in [2.05, 4.69) is 17.6 Å². The molecule has 0 aliphatic heterocycles. The fourth-order valence-corrected chi connectivity index (χ4v) is 1.25. The average molecular weight is 222 g/mol. The van der Waals surface area contributed by atoms with E-state index < -0.39 is 4.92 Å². The van der Waals surface area contributed by atoms with E-state index in [0.717, 1.165) is 0 Å². The van der Waals surface area contributed by atoms with Crippen LogP contribution < -0.4 is 10.6 Å². The van der Waals surface area contributed by atoms with E-state index in [4.69, 9.17) is 0 Å². The van der Waals surface area contributed by atoms with Gasteiger partial charge in [0.2, 0.25) is 5.91 Å². The van der Waals surface area contributed by atoms with Crippen molar-refractivity contribution < 1.29 is 9.72 Å². The molecule has 0 unspecified atom stereocenters. The van der Waals surface area contributed by atoms with E-state index in [1.54, 1.807) is 6.07 Å². The second-order valence-corrected chi connectivity index (χ2v) is 3.10. The molecule has 0 heterocycles. The van der Waals surface area contributed by atoms with Crippen LogP contribution in [0.25, 0.3) is 0 Å². The molecular formula is C10H12N3O3. The molecule has 0 aromatic heterocycles. The van der Waals surface area contributed by atoms with E-state index in [1.807, 2.05) is 0 Å². The SMILES string of the molecule is [CH2]CNc1ccc(NC(C)=O)cc1[N+](=O)[O-]. The highest BCUT2D eigenvalue weighted by atomic mass is 16.6. The molecule has 0 fully saturated rings. The first-order valence-electron chi connectivity index (χ1n) is 4.63. The second kappa shape index (κ2) is 5.11. The zero-order valence-electron chi connectivity index (χ0n) is 8.82. The Morgan fingerprint density at radius 1 is 1.56 bits per heavy atom. The summed E-state index contributed by atoms with van der Waals surface area (Å²) in [6.07, 6.45) is 0. The van der Waals surface area contributed by atoms with E-state index >= 15 is 0 Å². The van der Waals surface area contributed by atoms with Gasteiger partial charge in [0.1, 0.15) is 5.69 Å². The molecule has 1 amide bonds. The number of hydrogen-bond acceptors (Lipinski definition) is 4. The molecule has 0 saturated carbocycles. The van der Waals surface area contributed by atoms with Crippen molar-refractivity contribution in [2.75, 3.05) is 17.2 Å². The molecule has 0 aliphatic rings. The van der Waals surface area contributed by atoms with Gasteiger partial charge >= 0.3 is 0 Å². The minimum absolute atomic E-state index is 0.0881. The van der Waals surface area contributed by atoms with Crippen molar-refractivity contribution in [1.29, 1.82) is 0 Å². The van der Waals surface area contributed by atoms with Gasteiger partial charge in [-0.15, -0.1) is 0 Å². The number of hydrogen-bond donors (Lipinski definition) is 2. The number of nitrogens with zero attached hydrogens (tertiary/aromatic N) is 1. The first-order chi connectivity index (χ1) is 7.54. The van der Waals surface area contributed by atoms with Crippen LogP contribution in [0.3, 0.4) is 0 Å². The summed E-state index contributed by atoms with van der Waals surface area (Å²) in [5.74, 6) is -0.271. The van der Waals surface area contributed by atoms with Crippen molar-refractivity contribution in [2.45, 2.75) is 6.92 Å². The molecule has 1 aromatic carbocycles. The van der Waals surface area contributed by atoms with Gasteiger partial charge in [-0.3, -0.25) is 14.9 Å². The first-order valence-corrected chi connectivity index (χ1v) is 4.63. The predicted octanol–water partition coefficient (Wildman–Crippen LogP) is 1.80. The highest BCUT2D eigenvalue weighted by Crippen LogP contribution is 2.27. The van der Waals surface area contributed by atoms with Crippen molar-refractivity contribution in [2.24, 2.45) is 0 Å². The fraction of sp³-hybridized carbons (Fsp3) is 0.200. The molecule has 0 saturated heterocycles. The number of carbonyl (C=O) groups excluding carboxylic acids is 1. The van der Waals surface area contributed by atoms with Crippen LogP contribution in [0.2, 0.25) is 0 Å². The Labute approximate surface area is 92.8 Å². The van der Waals surface area contributed by atoms with Crippen LogP contribution in [0, 0.1) is 17.0 Å². The summed E-state index contributed by atoms with van der Waals surface area (Å²) in [6, 6.07) is 4.43. The molecular weight excluding hydrogens is 210 g/mol. The zero-order valence-corrected chi connectivity index (χ0v) is 8.82. The molecule has 85 valence electrons. The van der Waals surface area contributed by atoms with Crippen molar-refractivity contribution in [1.82, 2.24) is 0 Å². The Balaban J connectivity index is 3.06. The third-order valence-electron chi connectivity index (χ3n) is 1.83. The van der Waals surface area contributed by atoms with E-state index in [-0.39, 0.29) is 11.6 Å². The number of amides is 1. The van der Waals surface area contributed by atoms with Gasteiger partial charge in [-0.1, -0.05) is 0 Å². The second-order valence-electron chi connectivity index (χ2n) is 3.10. The summed E-state index contributed by atoms with van der Waals surface area (Å²) >= 11 is 0. The Hall–Kier alpha value is -2.11. The summed E-state index contributed by atoms with van der Waals surface area (Å²) < 4.78 is 0. The van der Waals surface area contributed by atoms with E-state index in [0.29, 0.717) is 17.9 Å². The highest BCUT2D eigenvalue weighted by molar-refractivity contribution is 5.89. The molecule has 6 nitrogen and oxygen atoms in total. The lowest BCUT2D eigenvalue weighted by atomic mass is 10.2. The topological polar surface area (TPSA) is 84.3 Å². The Morgan fingerprint density at radius 3 is 2.75 bits per heavy atom. The summed E-state index contributed by atoms with van der Waals surface area (Å²) in [4.78, 5) is 21.1. The van der Waals surface area contributed by atoms with Crippen molar-refractivity contribution in [3.63, 3.8) is 0 Å². The predicted molar refractivity (Wildman–Crippen MR) is 61.2 cm³/mol. The van der Waals surface area contributed by atoms with Gasteiger partial charge < -0.3 is 10.6 Å². The molecule has 0 aliphatic carbocycles. The number of rotatable bonds is 4. The number of carbonyl (C=O) groups is 1. The third kappa shape index (κ3) is 2.94. The van der Waals surface area contributed by atoms with E-state index in [1.165, 1.54) is 19.1 Å². The zero-order chi connectivity index (χ0) is 12.1. The Kier molecular flexibility index (Phi) is 3.82. The highest BCUT2D eigenvalue weighted by Gasteiger charge is 2.14. The lowest BCUT2D eigenvalue weighted by Gasteiger charge is -2.06. The smallest absolute Gasteiger partial charge is 0.294 e. The van der Waals surface area contributed by atoms with Crippen LogP contribution in [-0.2, 0) is 4.79 Å². The van der Waals surface area contributed by atoms with Crippen LogP contribution in [0.15, 0.2) is 18.2 Å². The monoisotopic (exact) mass is 222 g/mol. The molecule has 6 heteroatoms. The average Bonchev–Trinajstić information content (AvgIpc) is 2.19. The van der Waals surface area contributed by atoms with Gasteiger partial charge in [-0.05, 0) is 19.1 Å². The fourth-order valence-electron chi connectivity index (χ4n) is 1.25. The molecule has 1 radical (unpaired) electrons. The Bertz CT molecular complexity index is 418. The number of anilines is 2. The lowest BCUT2D eigenvalue weighted by Crippen LogP contribution is -2.07. The molecule has 0 bridgehead atoms. The lowest BCUT2D eigenvalue weighted by molar-refractivity contribution is -0.383. The summed E-state index contributed by atoms with van der Waals surface area (Å²) in [5, 5.41) is 16.0. The minimum Gasteiger partial charge on any atom is -0.379 e. The van der Waals surface area contributed by atoms with Crippen molar-refractivity contribution in [3.05, 3.63) is 35.2 Å². The summed E-state index contributed by atoms with van der Waals surface area (Å²) in [6.45, 7) is 5.24. The maximum Gasteiger partial charge on any atom is 0.294 e. The maximum atomic E-state index is 10.8. The molecule has 2 N–H and O–H groups in total. The minimum atomic E-state index is -0.511. The van der Waals surface area contributed by atoms with Crippen LogP contribution in [0.4, 0.5) is 17.1 Å². The number of benzene rings is 1. The quantitative estimate of drug-likeness (QED) is 0.601. The molecule has 1 aromatic rings. The van der Waals surface area contributed by atoms with Gasteiger partial charge in [0.25, 0.3) is 5.69 Å². The van der Waals surface area contributed by atoms with Gasteiger partial charge in [0.05, 0.1) is 4.92 Å². The van der Waals surface area contributed by atoms with Gasteiger partial charge in [0, 0.05) is 25.2 Å². The van der Waals surface area contributed by atoms with Crippen LogP contribution in [-0.4, -0.2) is 17.4 Å². The largest absolute Gasteiger partial charge is 0.379 e. The van der Waals surface area contributed by atoms with Crippen molar-refractivity contribution in [3.8, 4) is 0 Å². The van der Waals surface area contributed by atoms with Gasteiger partial charge in [-0.25, -0.2) is 0 Å². The molecule has 16 heavy (non-hydrogen) atoms. The number of nitrogens with one attached hydrogen (secondary N) is 2. The van der Waals surface area contributed by atoms with Crippen LogP contribution in [0.1, 0.15) is 6.92 Å². The maximum absolute atomic E-state index is 10.8. The summed E-state index contributed by atoms with van der Waals surface area (Å²) in [7, 11) is 0. The third-order valence-corrected chi connectivity index (χ3v) is 1.83. The number of nitro groups is 1. The Morgan fingerprint density at radius 2 is 2.25 bits per heavy atom. The molecule has 0 spiro atoms. The standard InChI is InChI=1S/C10H12N3O3/c1-3-11-9-5-4-8(12-7(2)14)6-10(9)13(15)16/h4-6,11H,1,3H2,2H3,(H,12,14). The number of nitro benzene ring substituents is 1. The summed E-state index contributed by atoms with van der Waals surface area (Å²) in [5.41, 5.74) is 0.692. The van der Waals surface area contributed by atoms with Gasteiger partial charge in [-0.2, -0.15) is 0 Å². The first kappa shape index (κ1) is 12.0. The van der Waals surface area contributed by atoms with Crippen molar-refractivity contribution >= 4 is 23.0 Å². The normalized spacial score (nSPS) is 9.62. The van der Waals surface area contributed by atoms with Gasteiger partial charge in [0.15, 0.2) is 0 Å².